The fourth-order valence-corrected chi connectivity index (χ4v) is 2.72. The molecule has 1 aliphatic heterocycles. The third-order valence-electron chi connectivity index (χ3n) is 3.67. The largest absolute Gasteiger partial charge is 0.350 e. The lowest BCUT2D eigenvalue weighted by atomic mass is 10.2. The zero-order valence-corrected chi connectivity index (χ0v) is 13.5. The summed E-state index contributed by atoms with van der Waals surface area (Å²) < 4.78 is 0. The van der Waals surface area contributed by atoms with Crippen LogP contribution < -0.4 is 10.2 Å². The topological polar surface area (TPSA) is 49.4 Å². The van der Waals surface area contributed by atoms with Crippen LogP contribution in [0.3, 0.4) is 0 Å². The maximum Gasteiger partial charge on any atom is 0.283 e. The van der Waals surface area contributed by atoms with Gasteiger partial charge in [-0.25, -0.2) is 4.90 Å². The Morgan fingerprint density at radius 3 is 2.39 bits per heavy atom. The predicted molar refractivity (Wildman–Crippen MR) is 91.4 cm³/mol. The van der Waals surface area contributed by atoms with Gasteiger partial charge in [0.2, 0.25) is 0 Å². The second kappa shape index (κ2) is 5.89. The Balaban J connectivity index is 1.95. The lowest BCUT2D eigenvalue weighted by molar-refractivity contribution is -0.120. The van der Waals surface area contributed by atoms with E-state index in [4.69, 9.17) is 11.6 Å². The highest BCUT2D eigenvalue weighted by Crippen LogP contribution is 2.31. The van der Waals surface area contributed by atoms with Gasteiger partial charge in [-0.15, -0.1) is 0 Å². The number of carbonyl (C=O) groups is 2. The van der Waals surface area contributed by atoms with Gasteiger partial charge in [0.15, 0.2) is 0 Å². The van der Waals surface area contributed by atoms with E-state index in [0.717, 1.165) is 16.0 Å². The molecule has 0 radical (unpaired) electrons. The molecule has 0 bridgehead atoms. The Morgan fingerprint density at radius 1 is 0.957 bits per heavy atom. The first kappa shape index (κ1) is 15.3. The van der Waals surface area contributed by atoms with E-state index in [1.54, 1.807) is 12.1 Å². The molecule has 2 amide bonds. The SMILES string of the molecule is Cc1cccc(NC2=C(Cl)C(=O)N(c3ccccc3C)C2=O)c1. The molecule has 0 saturated carbocycles. The molecular formula is C18H15ClN2O2. The fourth-order valence-electron chi connectivity index (χ4n) is 2.51. The number of imide groups is 1. The van der Waals surface area contributed by atoms with E-state index in [1.165, 1.54) is 0 Å². The number of hydrogen-bond donors (Lipinski definition) is 1. The van der Waals surface area contributed by atoms with Gasteiger partial charge in [0.25, 0.3) is 11.8 Å². The minimum absolute atomic E-state index is 0.0974. The molecule has 0 atom stereocenters. The summed E-state index contributed by atoms with van der Waals surface area (Å²) in [7, 11) is 0. The summed E-state index contributed by atoms with van der Waals surface area (Å²) in [4.78, 5) is 26.2. The van der Waals surface area contributed by atoms with Crippen molar-refractivity contribution in [1.82, 2.24) is 0 Å². The molecule has 5 heteroatoms. The summed E-state index contributed by atoms with van der Waals surface area (Å²) in [5.74, 6) is -0.961. The molecule has 4 nitrogen and oxygen atoms in total. The average molecular weight is 327 g/mol. The first-order chi connectivity index (χ1) is 11.0. The van der Waals surface area contributed by atoms with Gasteiger partial charge >= 0.3 is 0 Å². The van der Waals surface area contributed by atoms with Crippen LogP contribution in [0.4, 0.5) is 11.4 Å². The molecule has 0 aromatic heterocycles. The molecule has 0 spiro atoms. The van der Waals surface area contributed by atoms with E-state index >= 15 is 0 Å². The van der Waals surface area contributed by atoms with Gasteiger partial charge in [0.05, 0.1) is 5.69 Å². The summed E-state index contributed by atoms with van der Waals surface area (Å²) in [6, 6.07) is 14.7. The molecule has 0 aliphatic carbocycles. The van der Waals surface area contributed by atoms with Crippen LogP contribution in [-0.4, -0.2) is 11.8 Å². The smallest absolute Gasteiger partial charge is 0.283 e. The molecular weight excluding hydrogens is 312 g/mol. The molecule has 3 rings (SSSR count). The number of halogens is 1. The number of carbonyl (C=O) groups excluding carboxylic acids is 2. The Labute approximate surface area is 139 Å². The van der Waals surface area contributed by atoms with Crippen LogP contribution in [0.2, 0.25) is 0 Å². The van der Waals surface area contributed by atoms with Crippen LogP contribution in [0.1, 0.15) is 11.1 Å². The summed E-state index contributed by atoms with van der Waals surface area (Å²) in [6.07, 6.45) is 0. The van der Waals surface area contributed by atoms with Crippen LogP contribution in [0, 0.1) is 13.8 Å². The van der Waals surface area contributed by atoms with E-state index in [2.05, 4.69) is 5.32 Å². The van der Waals surface area contributed by atoms with Gasteiger partial charge < -0.3 is 5.32 Å². The van der Waals surface area contributed by atoms with Crippen molar-refractivity contribution in [2.75, 3.05) is 10.2 Å². The van der Waals surface area contributed by atoms with Crippen LogP contribution in [0.25, 0.3) is 0 Å². The monoisotopic (exact) mass is 326 g/mol. The van der Waals surface area contributed by atoms with Crippen molar-refractivity contribution in [2.45, 2.75) is 13.8 Å². The van der Waals surface area contributed by atoms with Crippen LogP contribution in [-0.2, 0) is 9.59 Å². The normalized spacial score (nSPS) is 14.7. The number of hydrogen-bond acceptors (Lipinski definition) is 3. The standard InChI is InChI=1S/C18H15ClN2O2/c1-11-6-5-8-13(10-11)20-16-15(19)17(22)21(18(16)23)14-9-4-3-7-12(14)2/h3-10,20H,1-2H3. The molecule has 2 aromatic rings. The number of nitrogens with zero attached hydrogens (tertiary/aromatic N) is 1. The quantitative estimate of drug-likeness (QED) is 0.874. The average Bonchev–Trinajstić information content (AvgIpc) is 2.72. The first-order valence-corrected chi connectivity index (χ1v) is 7.54. The van der Waals surface area contributed by atoms with Gasteiger partial charge in [-0.1, -0.05) is 41.9 Å². The Bertz CT molecular complexity index is 842. The summed E-state index contributed by atoms with van der Waals surface area (Å²) in [5, 5.41) is 2.87. The fraction of sp³-hybridized carbons (Fsp3) is 0.111. The van der Waals surface area contributed by atoms with Crippen molar-refractivity contribution >= 4 is 34.8 Å². The van der Waals surface area contributed by atoms with Gasteiger partial charge in [0, 0.05) is 5.69 Å². The highest BCUT2D eigenvalue weighted by atomic mass is 35.5. The van der Waals surface area contributed by atoms with Crippen LogP contribution in [0.5, 0.6) is 0 Å². The highest BCUT2D eigenvalue weighted by Gasteiger charge is 2.39. The Morgan fingerprint density at radius 2 is 1.70 bits per heavy atom. The van der Waals surface area contributed by atoms with Gasteiger partial charge in [-0.2, -0.15) is 0 Å². The molecule has 23 heavy (non-hydrogen) atoms. The number of nitrogens with one attached hydrogen (secondary N) is 1. The molecule has 2 aromatic carbocycles. The lowest BCUT2D eigenvalue weighted by Crippen LogP contribution is -2.32. The first-order valence-electron chi connectivity index (χ1n) is 7.17. The van der Waals surface area contributed by atoms with Crippen LogP contribution in [0.15, 0.2) is 59.3 Å². The van der Waals surface area contributed by atoms with E-state index in [9.17, 15) is 9.59 Å². The third-order valence-corrected chi connectivity index (χ3v) is 4.02. The molecule has 116 valence electrons. The molecule has 1 aliphatic rings. The Kier molecular flexibility index (Phi) is 3.92. The predicted octanol–water partition coefficient (Wildman–Crippen LogP) is 3.74. The van der Waals surface area contributed by atoms with Crippen molar-refractivity contribution in [1.29, 1.82) is 0 Å². The Hall–Kier alpha value is -2.59. The maximum absolute atomic E-state index is 12.7. The molecule has 0 unspecified atom stereocenters. The van der Waals surface area contributed by atoms with Crippen LogP contribution >= 0.6 is 11.6 Å². The lowest BCUT2D eigenvalue weighted by Gasteiger charge is -2.17. The third kappa shape index (κ3) is 2.73. The molecule has 1 heterocycles. The van der Waals surface area contributed by atoms with Gasteiger partial charge in [-0.05, 0) is 43.2 Å². The van der Waals surface area contributed by atoms with E-state index in [1.807, 2.05) is 50.2 Å². The second-order valence-corrected chi connectivity index (χ2v) is 5.79. The molecule has 0 fully saturated rings. The summed E-state index contributed by atoms with van der Waals surface area (Å²) >= 11 is 6.12. The zero-order valence-electron chi connectivity index (χ0n) is 12.8. The number of benzene rings is 2. The maximum atomic E-state index is 12.7. The second-order valence-electron chi connectivity index (χ2n) is 5.42. The minimum atomic E-state index is -0.513. The van der Waals surface area contributed by atoms with Crippen molar-refractivity contribution < 1.29 is 9.59 Å². The van der Waals surface area contributed by atoms with E-state index in [0.29, 0.717) is 11.4 Å². The number of amides is 2. The summed E-state index contributed by atoms with van der Waals surface area (Å²) in [6.45, 7) is 3.79. The number of rotatable bonds is 3. The van der Waals surface area contributed by atoms with Gasteiger partial charge in [0.1, 0.15) is 10.7 Å². The van der Waals surface area contributed by atoms with E-state index in [-0.39, 0.29) is 10.7 Å². The number of para-hydroxylation sites is 1. The number of aryl methyl sites for hydroxylation is 2. The molecule has 0 saturated heterocycles. The van der Waals surface area contributed by atoms with Gasteiger partial charge in [-0.3, -0.25) is 9.59 Å². The highest BCUT2D eigenvalue weighted by molar-refractivity contribution is 6.53. The van der Waals surface area contributed by atoms with Crippen molar-refractivity contribution in [2.24, 2.45) is 0 Å². The summed E-state index contributed by atoms with van der Waals surface area (Å²) in [5.41, 5.74) is 3.23. The van der Waals surface area contributed by atoms with Crippen molar-refractivity contribution in [3.05, 3.63) is 70.4 Å². The minimum Gasteiger partial charge on any atom is -0.350 e. The zero-order chi connectivity index (χ0) is 16.6. The van der Waals surface area contributed by atoms with Crippen molar-refractivity contribution in [3.8, 4) is 0 Å². The van der Waals surface area contributed by atoms with E-state index < -0.39 is 11.8 Å². The number of anilines is 2. The molecule has 1 N–H and O–H groups in total. The van der Waals surface area contributed by atoms with Crippen molar-refractivity contribution in [3.63, 3.8) is 0 Å².